The molecule has 0 aromatic carbocycles. The second-order valence-electron chi connectivity index (χ2n) is 31.7. The summed E-state index contributed by atoms with van der Waals surface area (Å²) < 4.78 is 1.72. The quantitative estimate of drug-likeness (QED) is 0.0327. The van der Waals surface area contributed by atoms with Gasteiger partial charge in [0.2, 0.25) is 0 Å². The third-order valence-corrected chi connectivity index (χ3v) is 30.4. The van der Waals surface area contributed by atoms with Crippen molar-refractivity contribution in [1.82, 2.24) is 20.2 Å². The van der Waals surface area contributed by atoms with Gasteiger partial charge in [-0.25, -0.2) is 4.98 Å². The smallest absolute Gasteiger partial charge is 0.190 e. The first-order valence-corrected chi connectivity index (χ1v) is 36.4. The molecule has 3 spiro atoms. The minimum atomic E-state index is -1.78. The Morgan fingerprint density at radius 1 is 0.918 bits per heavy atom. The summed E-state index contributed by atoms with van der Waals surface area (Å²) in [4.78, 5) is 26.1. The van der Waals surface area contributed by atoms with E-state index in [0.29, 0.717) is 56.1 Å². The summed E-state index contributed by atoms with van der Waals surface area (Å²) in [7, 11) is 5.73. The zero-order valence-electron chi connectivity index (χ0n) is 52.2. The van der Waals surface area contributed by atoms with Gasteiger partial charge in [0.1, 0.15) is 6.23 Å². The highest BCUT2D eigenvalue weighted by Gasteiger charge is 2.80. The van der Waals surface area contributed by atoms with E-state index in [1.807, 2.05) is 47.2 Å². The number of allylic oxidation sites excluding steroid dienone is 3. The number of fused-ring (bicyclic) bond motifs is 16. The molecule has 16 heteroatoms. The molecule has 11 aliphatic carbocycles. The lowest BCUT2D eigenvalue weighted by Crippen LogP contribution is -2.71. The van der Waals surface area contributed by atoms with E-state index in [0.717, 1.165) is 82.8 Å². The second-order valence-corrected chi connectivity index (χ2v) is 34.4. The van der Waals surface area contributed by atoms with Gasteiger partial charge in [0.15, 0.2) is 11.7 Å². The highest BCUT2D eigenvalue weighted by molar-refractivity contribution is 8.77. The first-order chi connectivity index (χ1) is 40.6. The van der Waals surface area contributed by atoms with Crippen molar-refractivity contribution >= 4 is 33.3 Å². The van der Waals surface area contributed by atoms with Crippen LogP contribution < -0.4 is 16.4 Å². The topological polar surface area (TPSA) is 239 Å². The minimum Gasteiger partial charge on any atom is -0.396 e. The number of rotatable bonds is 11. The molecule has 4 bridgehead atoms. The zero-order valence-corrected chi connectivity index (χ0v) is 53.8. The number of nitrogens with one attached hydrogen (secondary N) is 2. The maximum Gasteiger partial charge on any atom is 0.190 e. The summed E-state index contributed by atoms with van der Waals surface area (Å²) in [6, 6.07) is 0.0677. The van der Waals surface area contributed by atoms with Gasteiger partial charge in [-0.05, 0) is 205 Å². The Bertz CT molecular complexity index is 2800. The molecule has 9 fully saturated rings. The van der Waals surface area contributed by atoms with Crippen LogP contribution in [0.4, 0.5) is 0 Å². The van der Waals surface area contributed by atoms with Crippen molar-refractivity contribution in [3.05, 3.63) is 52.7 Å². The van der Waals surface area contributed by atoms with Crippen LogP contribution in [0.15, 0.2) is 57.7 Å². The molecule has 1 aromatic rings. The van der Waals surface area contributed by atoms with Crippen molar-refractivity contribution in [1.29, 1.82) is 0 Å². The summed E-state index contributed by atoms with van der Waals surface area (Å²) in [5.41, 5.74) is 9.34. The van der Waals surface area contributed by atoms with E-state index in [2.05, 4.69) is 49.1 Å². The van der Waals surface area contributed by atoms with Crippen LogP contribution >= 0.6 is 21.6 Å². The van der Waals surface area contributed by atoms with Gasteiger partial charge in [0.25, 0.3) is 0 Å². The van der Waals surface area contributed by atoms with Gasteiger partial charge in [0.05, 0.1) is 43.0 Å². The lowest BCUT2D eigenvalue weighted by atomic mass is 9.39. The zero-order chi connectivity index (χ0) is 59.8. The number of aromatic nitrogens is 2. The number of aliphatic imine (C=N–C) groups is 1. The summed E-state index contributed by atoms with van der Waals surface area (Å²) >= 11 is 0. The SMILES string of the molecule is CNCC1C(O)C(O)CC2(CCCC(C)C)C3C(=CC(=O)C12)C1(O)C2CC(C4CC5CCCC6=C5C(C(=C5CCCC7(CCCC7)C65)C(C)(C)CC(n5ccnc5)CSSC25CCCC52CCC(O)C2)C4O)C1(CO)CC3CN=C(N)NC(C)O. The van der Waals surface area contributed by atoms with Crippen LogP contribution in [0.1, 0.15) is 195 Å². The van der Waals surface area contributed by atoms with Crippen molar-refractivity contribution in [2.45, 2.75) is 236 Å². The fraction of sp³-hybridized carbons (Fsp3) is 0.841. The molecule has 8 saturated carbocycles. The summed E-state index contributed by atoms with van der Waals surface area (Å²) in [6.07, 6.45) is 25.0. The first kappa shape index (κ1) is 61.6. The number of guanidine groups is 1. The van der Waals surface area contributed by atoms with Gasteiger partial charge < -0.3 is 56.7 Å². The van der Waals surface area contributed by atoms with E-state index in [9.17, 15) is 30.6 Å². The average Bonchev–Trinajstić information content (AvgIpc) is 1.59. The summed E-state index contributed by atoms with van der Waals surface area (Å²) in [5.74, 6) is -1.78. The minimum absolute atomic E-state index is 0.0677. The Kier molecular flexibility index (Phi) is 16.6. The van der Waals surface area contributed by atoms with Crippen molar-refractivity contribution in [2.75, 3.05) is 32.5 Å². The third kappa shape index (κ3) is 9.36. The molecular weight excluding hydrogens is 1100 g/mol. The number of imidazole rings is 1. The summed E-state index contributed by atoms with van der Waals surface area (Å²) in [6.45, 7) is 11.2. The third-order valence-electron chi connectivity index (χ3n) is 26.8. The highest BCUT2D eigenvalue weighted by Crippen LogP contribution is 2.80. The number of nitrogens with two attached hydrogens (primary N) is 1. The number of nitrogens with zero attached hydrogens (tertiary/aromatic N) is 3. The molecule has 1 aromatic heterocycles. The largest absolute Gasteiger partial charge is 0.396 e. The van der Waals surface area contributed by atoms with Gasteiger partial charge in [-0.3, -0.25) is 9.79 Å². The van der Waals surface area contributed by atoms with Crippen LogP contribution in [0.25, 0.3) is 0 Å². The lowest BCUT2D eigenvalue weighted by molar-refractivity contribution is -0.203. The van der Waals surface area contributed by atoms with E-state index in [1.54, 1.807) is 23.6 Å². The number of ketones is 1. The average molecular weight is 1210 g/mol. The second kappa shape index (κ2) is 22.8. The Morgan fingerprint density at radius 3 is 2.40 bits per heavy atom. The number of hydrogen-bond donors (Lipinski definition) is 10. The van der Waals surface area contributed by atoms with Crippen molar-refractivity contribution in [3.63, 3.8) is 0 Å². The van der Waals surface area contributed by atoms with Gasteiger partial charge in [-0.1, -0.05) is 104 Å². The number of aliphatic hydroxyl groups is 7. The predicted octanol–water partition coefficient (Wildman–Crippen LogP) is 9.58. The Morgan fingerprint density at radius 2 is 1.69 bits per heavy atom. The molecule has 21 unspecified atom stereocenters. The number of aliphatic hydroxyl groups excluding tert-OH is 6. The monoisotopic (exact) mass is 1210 g/mol. The van der Waals surface area contributed by atoms with Crippen LogP contribution in [0.3, 0.4) is 0 Å². The van der Waals surface area contributed by atoms with Gasteiger partial charge >= 0.3 is 0 Å². The highest BCUT2D eigenvalue weighted by atomic mass is 33.1. The van der Waals surface area contributed by atoms with Crippen LogP contribution in [0, 0.1) is 92.2 Å². The van der Waals surface area contributed by atoms with Crippen LogP contribution in [-0.2, 0) is 4.79 Å². The molecule has 472 valence electrons. The van der Waals surface area contributed by atoms with E-state index in [1.165, 1.54) is 44.1 Å². The molecule has 13 rings (SSSR count). The van der Waals surface area contributed by atoms with E-state index in [-0.39, 0.29) is 77.3 Å². The molecule has 12 aliphatic rings. The molecule has 11 N–H and O–H groups in total. The Balaban J connectivity index is 1.07. The lowest BCUT2D eigenvalue weighted by Gasteiger charge is -2.67. The predicted molar refractivity (Wildman–Crippen MR) is 337 cm³/mol. The number of carbonyl (C=O) groups is 1. The maximum atomic E-state index is 16.3. The van der Waals surface area contributed by atoms with E-state index >= 15 is 9.90 Å². The molecule has 2 heterocycles. The standard InChI is InChI=1S/C69H106N6O8S2/c1-39(2)13-10-22-66-33-52(80)60(81)48(35-71-6)58(66)51(79)28-50-56(66)42(34-73-62(70)74-40(3)77)30-67(37-76)49-29-53(69(50,67)83)68(23-12-21-65(68)24-17-44(78)32-65)85-84-36-43(75-26-25-72-38-75)31-63(4,5)59-46-16-11-20-64(18-7-8-19-64)57(46)45-15-9-14-41-27-47(49)61(82)55(59)54(41)45/h25-26,28,38-44,47-49,52-53,55-58,60-61,71,76-78,80-83H,7-24,27,29-37H2,1-6H3,(H3,70,73,74). The van der Waals surface area contributed by atoms with Gasteiger partial charge in [-0.15, -0.1) is 0 Å². The fourth-order valence-corrected chi connectivity index (χ4v) is 28.6. The first-order valence-electron chi connectivity index (χ1n) is 34.1. The molecule has 85 heavy (non-hydrogen) atoms. The maximum absolute atomic E-state index is 16.3. The van der Waals surface area contributed by atoms with Crippen LogP contribution in [0.2, 0.25) is 0 Å². The summed E-state index contributed by atoms with van der Waals surface area (Å²) in [5, 5.41) is 97.4. The fourth-order valence-electron chi connectivity index (χ4n) is 24.4. The molecular formula is C69H106N6O8S2. The van der Waals surface area contributed by atoms with Gasteiger partial charge in [0, 0.05) is 77.0 Å². The molecule has 0 radical (unpaired) electrons. The number of hydrogen-bond acceptors (Lipinski definition) is 13. The normalized spacial score (nSPS) is 45.9. The number of carbonyl (C=O) groups excluding carboxylic acids is 1. The molecule has 1 saturated heterocycles. The van der Waals surface area contributed by atoms with E-state index < -0.39 is 81.4 Å². The Labute approximate surface area is 515 Å². The Hall–Kier alpha value is -2.25. The van der Waals surface area contributed by atoms with Crippen molar-refractivity contribution < 1.29 is 40.5 Å². The van der Waals surface area contributed by atoms with Crippen molar-refractivity contribution in [2.24, 2.45) is 103 Å². The molecule has 0 amide bonds. The van der Waals surface area contributed by atoms with Gasteiger partial charge in [-0.2, -0.15) is 0 Å². The van der Waals surface area contributed by atoms with Crippen LogP contribution in [-0.4, -0.2) is 131 Å². The molecule has 21 atom stereocenters. The van der Waals surface area contributed by atoms with E-state index in [4.69, 9.17) is 15.7 Å². The molecule has 14 nitrogen and oxygen atoms in total. The van der Waals surface area contributed by atoms with Crippen molar-refractivity contribution in [3.8, 4) is 0 Å². The molecule has 1 aliphatic heterocycles. The van der Waals surface area contributed by atoms with Crippen LogP contribution in [0.5, 0.6) is 0 Å².